The molecule has 31 heavy (non-hydrogen) atoms. The molecule has 2 heterocycles. The number of ether oxygens (including phenoxy) is 1. The van der Waals surface area contributed by atoms with Crippen LogP contribution < -0.4 is 4.74 Å². The minimum atomic E-state index is -0.337. The van der Waals surface area contributed by atoms with Gasteiger partial charge in [-0.3, -0.25) is 14.5 Å². The number of hydrogen-bond acceptors (Lipinski definition) is 4. The molecule has 2 amide bonds. The van der Waals surface area contributed by atoms with Crippen LogP contribution in [0.3, 0.4) is 0 Å². The fourth-order valence-electron chi connectivity index (χ4n) is 3.58. The second-order valence-electron chi connectivity index (χ2n) is 7.23. The van der Waals surface area contributed by atoms with Gasteiger partial charge in [-0.2, -0.15) is 0 Å². The molecule has 0 aliphatic carbocycles. The Balaban J connectivity index is 1.51. The number of carbonyl (C=O) groups excluding carboxylic acids is 2. The van der Waals surface area contributed by atoms with Gasteiger partial charge in [0.1, 0.15) is 5.75 Å². The van der Waals surface area contributed by atoms with Crippen LogP contribution in [0.25, 0.3) is 17.0 Å². The van der Waals surface area contributed by atoms with Crippen molar-refractivity contribution in [2.24, 2.45) is 0 Å². The Morgan fingerprint density at radius 1 is 1.13 bits per heavy atom. The van der Waals surface area contributed by atoms with Crippen molar-refractivity contribution in [3.8, 4) is 18.1 Å². The number of imide groups is 1. The topological polar surface area (TPSA) is 51.5 Å². The van der Waals surface area contributed by atoms with Gasteiger partial charge in [0.25, 0.3) is 11.1 Å². The van der Waals surface area contributed by atoms with Crippen LogP contribution in [0.2, 0.25) is 0 Å². The molecule has 0 bridgehead atoms. The molecule has 2 aromatic carbocycles. The number of terminal acetylenes is 1. The number of aromatic nitrogens is 1. The molecule has 1 aliphatic heterocycles. The fraction of sp³-hybridized carbons (Fsp3) is 0.200. The Bertz CT molecular complexity index is 1220. The van der Waals surface area contributed by atoms with Gasteiger partial charge in [0.2, 0.25) is 0 Å². The molecule has 0 unspecified atom stereocenters. The average molecular weight is 431 g/mol. The quantitative estimate of drug-likeness (QED) is 0.298. The average Bonchev–Trinajstić information content (AvgIpc) is 3.25. The molecular weight excluding hydrogens is 408 g/mol. The van der Waals surface area contributed by atoms with Gasteiger partial charge >= 0.3 is 0 Å². The molecule has 0 atom stereocenters. The number of rotatable bonds is 7. The van der Waals surface area contributed by atoms with Crippen LogP contribution in [0.1, 0.15) is 17.5 Å². The molecule has 1 fully saturated rings. The molecule has 0 radical (unpaired) electrons. The second kappa shape index (κ2) is 9.15. The van der Waals surface area contributed by atoms with Crippen LogP contribution in [-0.2, 0) is 11.3 Å². The Labute approximate surface area is 185 Å². The van der Waals surface area contributed by atoms with Crippen molar-refractivity contribution in [1.29, 1.82) is 0 Å². The van der Waals surface area contributed by atoms with E-state index in [1.165, 1.54) is 0 Å². The van der Waals surface area contributed by atoms with E-state index in [0.717, 1.165) is 57.4 Å². The van der Waals surface area contributed by atoms with Crippen molar-refractivity contribution in [3.05, 3.63) is 70.8 Å². The van der Waals surface area contributed by atoms with E-state index in [9.17, 15) is 9.59 Å². The Kier molecular flexibility index (Phi) is 6.15. The van der Waals surface area contributed by atoms with Gasteiger partial charge in [-0.05, 0) is 48.9 Å². The normalized spacial score (nSPS) is 15.1. The molecule has 0 saturated carbocycles. The number of thioether (sulfide) groups is 1. The third kappa shape index (κ3) is 4.37. The molecule has 0 spiro atoms. The molecule has 4 rings (SSSR count). The van der Waals surface area contributed by atoms with Crippen LogP contribution in [0.4, 0.5) is 4.79 Å². The number of para-hydroxylation sites is 2. The van der Waals surface area contributed by atoms with Crippen LogP contribution in [0.15, 0.2) is 59.6 Å². The van der Waals surface area contributed by atoms with E-state index in [1.54, 1.807) is 6.08 Å². The molecule has 1 saturated heterocycles. The smallest absolute Gasteiger partial charge is 0.294 e. The molecular formula is C25H22N2O3S. The molecule has 1 aromatic heterocycles. The van der Waals surface area contributed by atoms with Crippen molar-refractivity contribution in [2.45, 2.75) is 19.9 Å². The second-order valence-corrected chi connectivity index (χ2v) is 8.23. The summed E-state index contributed by atoms with van der Waals surface area (Å²) in [6.45, 7) is 3.41. The number of benzene rings is 2. The largest absolute Gasteiger partial charge is 0.493 e. The predicted molar refractivity (Wildman–Crippen MR) is 125 cm³/mol. The molecule has 6 heteroatoms. The number of carbonyl (C=O) groups is 2. The number of aryl methyl sites for hydroxylation is 2. The molecule has 1 aliphatic rings. The van der Waals surface area contributed by atoms with Crippen molar-refractivity contribution >= 4 is 39.9 Å². The first-order valence-corrected chi connectivity index (χ1v) is 10.9. The van der Waals surface area contributed by atoms with E-state index in [0.29, 0.717) is 11.5 Å². The van der Waals surface area contributed by atoms with Gasteiger partial charge in [-0.15, -0.1) is 6.42 Å². The Hall–Kier alpha value is -3.43. The van der Waals surface area contributed by atoms with E-state index in [2.05, 4.69) is 16.6 Å². The van der Waals surface area contributed by atoms with E-state index in [1.807, 2.05) is 55.6 Å². The zero-order valence-electron chi connectivity index (χ0n) is 17.2. The lowest BCUT2D eigenvalue weighted by Gasteiger charge is -2.09. The SMILES string of the molecule is C#CCN1C(=O)S/C(=C\c2cn(CCCOc3ccccc3C)c3ccccc23)C1=O. The van der Waals surface area contributed by atoms with Crippen molar-refractivity contribution in [3.63, 3.8) is 0 Å². The summed E-state index contributed by atoms with van der Waals surface area (Å²) in [6, 6.07) is 16.0. The number of amides is 2. The molecule has 156 valence electrons. The zero-order chi connectivity index (χ0) is 21.8. The van der Waals surface area contributed by atoms with Crippen LogP contribution in [0.5, 0.6) is 5.75 Å². The standard InChI is InChI=1S/C25H22N2O3S/c1-3-13-27-24(28)23(31-25(27)29)16-19-17-26(21-11-6-5-10-20(19)21)14-8-15-30-22-12-7-4-9-18(22)2/h1,4-7,9-12,16-17H,8,13-15H2,2H3/b23-16-. The highest BCUT2D eigenvalue weighted by atomic mass is 32.2. The number of hydrogen-bond donors (Lipinski definition) is 0. The van der Waals surface area contributed by atoms with E-state index < -0.39 is 0 Å². The minimum Gasteiger partial charge on any atom is -0.493 e. The molecule has 5 nitrogen and oxygen atoms in total. The maximum Gasteiger partial charge on any atom is 0.294 e. The highest BCUT2D eigenvalue weighted by molar-refractivity contribution is 8.18. The van der Waals surface area contributed by atoms with E-state index in [4.69, 9.17) is 11.2 Å². The summed E-state index contributed by atoms with van der Waals surface area (Å²) in [4.78, 5) is 26.1. The zero-order valence-corrected chi connectivity index (χ0v) is 18.0. The summed E-state index contributed by atoms with van der Waals surface area (Å²) in [5.74, 6) is 2.93. The third-order valence-corrected chi connectivity index (χ3v) is 6.03. The van der Waals surface area contributed by atoms with Crippen molar-refractivity contribution in [2.75, 3.05) is 13.2 Å². The van der Waals surface area contributed by atoms with Crippen LogP contribution >= 0.6 is 11.8 Å². The summed E-state index contributed by atoms with van der Waals surface area (Å²) in [6.07, 6.45) is 9.92. The maximum absolute atomic E-state index is 12.5. The lowest BCUT2D eigenvalue weighted by molar-refractivity contribution is -0.122. The van der Waals surface area contributed by atoms with Crippen molar-refractivity contribution < 1.29 is 14.3 Å². The van der Waals surface area contributed by atoms with Gasteiger partial charge in [0, 0.05) is 29.2 Å². The Morgan fingerprint density at radius 2 is 1.90 bits per heavy atom. The van der Waals surface area contributed by atoms with Gasteiger partial charge in [0.15, 0.2) is 0 Å². The van der Waals surface area contributed by atoms with E-state index in [-0.39, 0.29) is 17.7 Å². The maximum atomic E-state index is 12.5. The first-order chi connectivity index (χ1) is 15.1. The fourth-order valence-corrected chi connectivity index (χ4v) is 4.41. The highest BCUT2D eigenvalue weighted by Crippen LogP contribution is 2.34. The lowest BCUT2D eigenvalue weighted by Crippen LogP contribution is -2.28. The van der Waals surface area contributed by atoms with Crippen LogP contribution in [0, 0.1) is 19.3 Å². The lowest BCUT2D eigenvalue weighted by atomic mass is 10.1. The predicted octanol–water partition coefficient (Wildman–Crippen LogP) is 5.09. The molecule has 0 N–H and O–H groups in total. The first-order valence-electron chi connectivity index (χ1n) is 10.0. The highest BCUT2D eigenvalue weighted by Gasteiger charge is 2.34. The van der Waals surface area contributed by atoms with Crippen molar-refractivity contribution in [1.82, 2.24) is 9.47 Å². The summed E-state index contributed by atoms with van der Waals surface area (Å²) < 4.78 is 8.07. The number of fused-ring (bicyclic) bond motifs is 1. The van der Waals surface area contributed by atoms with Gasteiger partial charge in [0.05, 0.1) is 18.1 Å². The minimum absolute atomic E-state index is 0.00927. The number of nitrogens with zero attached hydrogens (tertiary/aromatic N) is 2. The van der Waals surface area contributed by atoms with Crippen LogP contribution in [-0.4, -0.2) is 33.8 Å². The summed E-state index contributed by atoms with van der Waals surface area (Å²) in [5.41, 5.74) is 3.10. The Morgan fingerprint density at radius 3 is 2.71 bits per heavy atom. The monoisotopic (exact) mass is 430 g/mol. The van der Waals surface area contributed by atoms with E-state index >= 15 is 0 Å². The summed E-state index contributed by atoms with van der Waals surface area (Å²) >= 11 is 0.929. The molecule has 3 aromatic rings. The first kappa shape index (κ1) is 20.8. The van der Waals surface area contributed by atoms with Gasteiger partial charge < -0.3 is 9.30 Å². The summed E-state index contributed by atoms with van der Waals surface area (Å²) in [7, 11) is 0. The third-order valence-electron chi connectivity index (χ3n) is 5.12. The van der Waals surface area contributed by atoms with Gasteiger partial charge in [-0.25, -0.2) is 0 Å². The summed E-state index contributed by atoms with van der Waals surface area (Å²) in [5, 5.41) is 0.706. The van der Waals surface area contributed by atoms with Gasteiger partial charge in [-0.1, -0.05) is 42.3 Å².